The number of carbonyl (C=O) groups excluding carboxylic acids is 1. The van der Waals surface area contributed by atoms with Crippen molar-refractivity contribution in [3.8, 4) is 0 Å². The van der Waals surface area contributed by atoms with Crippen molar-refractivity contribution in [2.45, 2.75) is 46.1 Å². The first-order chi connectivity index (χ1) is 12.6. The molecular formula is C19H37IN4O3. The molecule has 0 aliphatic carbocycles. The predicted octanol–water partition coefficient (Wildman–Crippen LogP) is 1.86. The van der Waals surface area contributed by atoms with E-state index in [1.165, 1.54) is 0 Å². The fourth-order valence-electron chi connectivity index (χ4n) is 3.28. The lowest BCUT2D eigenvalue weighted by atomic mass is 10.1. The highest BCUT2D eigenvalue weighted by Gasteiger charge is 2.27. The summed E-state index contributed by atoms with van der Waals surface area (Å²) >= 11 is 0. The van der Waals surface area contributed by atoms with Crippen LogP contribution in [0.3, 0.4) is 0 Å². The normalized spacial score (nSPS) is 22.8. The molecule has 2 atom stereocenters. The molecule has 8 heteroatoms. The van der Waals surface area contributed by atoms with Gasteiger partial charge in [0.05, 0.1) is 13.2 Å². The second kappa shape index (κ2) is 13.5. The number of hydrogen-bond donors (Lipinski definition) is 2. The van der Waals surface area contributed by atoms with Crippen molar-refractivity contribution in [1.29, 1.82) is 0 Å². The lowest BCUT2D eigenvalue weighted by Gasteiger charge is -2.20. The number of guanidine groups is 1. The van der Waals surface area contributed by atoms with Gasteiger partial charge in [-0.3, -0.25) is 9.79 Å². The third kappa shape index (κ3) is 8.95. The summed E-state index contributed by atoms with van der Waals surface area (Å²) in [6.45, 7) is 12.4. The van der Waals surface area contributed by atoms with E-state index in [0.29, 0.717) is 5.92 Å². The van der Waals surface area contributed by atoms with E-state index in [2.05, 4.69) is 22.5 Å². The molecule has 7 nitrogen and oxygen atoms in total. The minimum atomic E-state index is 0. The molecule has 0 saturated carbocycles. The summed E-state index contributed by atoms with van der Waals surface area (Å²) in [5.74, 6) is 1.70. The first kappa shape index (κ1) is 24.4. The molecule has 2 N–H and O–H groups in total. The summed E-state index contributed by atoms with van der Waals surface area (Å²) in [5.41, 5.74) is 0. The van der Waals surface area contributed by atoms with Crippen molar-refractivity contribution < 1.29 is 14.3 Å². The molecule has 2 aliphatic heterocycles. The molecule has 27 heavy (non-hydrogen) atoms. The fourth-order valence-corrected chi connectivity index (χ4v) is 3.28. The summed E-state index contributed by atoms with van der Waals surface area (Å²) in [4.78, 5) is 18.7. The van der Waals surface area contributed by atoms with E-state index in [4.69, 9.17) is 9.47 Å². The Morgan fingerprint density at radius 2 is 2.19 bits per heavy atom. The van der Waals surface area contributed by atoms with E-state index in [9.17, 15) is 4.79 Å². The maximum absolute atomic E-state index is 12.1. The van der Waals surface area contributed by atoms with Gasteiger partial charge in [-0.05, 0) is 26.2 Å². The fraction of sp³-hybridized carbons (Fsp3) is 0.895. The van der Waals surface area contributed by atoms with Crippen LogP contribution in [0.25, 0.3) is 0 Å². The van der Waals surface area contributed by atoms with Crippen LogP contribution in [0.5, 0.6) is 0 Å². The molecule has 158 valence electrons. The molecule has 2 fully saturated rings. The summed E-state index contributed by atoms with van der Waals surface area (Å²) in [6.07, 6.45) is 2.99. The Morgan fingerprint density at radius 1 is 1.37 bits per heavy atom. The molecule has 1 amide bonds. The Kier molecular flexibility index (Phi) is 12.3. The van der Waals surface area contributed by atoms with Gasteiger partial charge in [-0.15, -0.1) is 24.0 Å². The Morgan fingerprint density at radius 3 is 2.85 bits per heavy atom. The van der Waals surface area contributed by atoms with Crippen molar-refractivity contribution in [3.05, 3.63) is 0 Å². The highest BCUT2D eigenvalue weighted by atomic mass is 127. The van der Waals surface area contributed by atoms with Crippen LogP contribution in [0.4, 0.5) is 0 Å². The third-order valence-corrected chi connectivity index (χ3v) is 4.77. The number of carbonyl (C=O) groups is 1. The zero-order chi connectivity index (χ0) is 18.8. The van der Waals surface area contributed by atoms with Crippen molar-refractivity contribution in [3.63, 3.8) is 0 Å². The molecule has 0 bridgehead atoms. The van der Waals surface area contributed by atoms with Crippen LogP contribution in [0, 0.1) is 11.8 Å². The smallest absolute Gasteiger partial charge is 0.225 e. The van der Waals surface area contributed by atoms with Crippen molar-refractivity contribution in [2.24, 2.45) is 16.8 Å². The zero-order valence-corrected chi connectivity index (χ0v) is 19.4. The van der Waals surface area contributed by atoms with Gasteiger partial charge in [0.2, 0.25) is 5.91 Å². The van der Waals surface area contributed by atoms with E-state index in [1.54, 1.807) is 0 Å². The molecule has 2 rings (SSSR count). The quantitative estimate of drug-likeness (QED) is 0.221. The number of aliphatic imine (C=N–C) groups is 1. The number of amides is 1. The summed E-state index contributed by atoms with van der Waals surface area (Å²) < 4.78 is 11.1. The lowest BCUT2D eigenvalue weighted by Crippen LogP contribution is -2.45. The SMILES string of the molecule is CCNC(=NCCCOCC1CCOC1)NC1CCN(C(=O)C(C)C)C1.I. The number of hydrogen-bond acceptors (Lipinski definition) is 4. The molecule has 2 heterocycles. The van der Waals surface area contributed by atoms with Crippen LogP contribution < -0.4 is 10.6 Å². The van der Waals surface area contributed by atoms with Crippen molar-refractivity contribution >= 4 is 35.8 Å². The zero-order valence-electron chi connectivity index (χ0n) is 17.0. The molecule has 2 saturated heterocycles. The largest absolute Gasteiger partial charge is 0.381 e. The van der Waals surface area contributed by atoms with E-state index in [1.807, 2.05) is 18.7 Å². The second-order valence-corrected chi connectivity index (χ2v) is 7.49. The molecule has 2 aliphatic rings. The van der Waals surface area contributed by atoms with E-state index < -0.39 is 0 Å². The van der Waals surface area contributed by atoms with Gasteiger partial charge in [-0.2, -0.15) is 0 Å². The predicted molar refractivity (Wildman–Crippen MR) is 119 cm³/mol. The minimum absolute atomic E-state index is 0. The van der Waals surface area contributed by atoms with Crippen LogP contribution in [0.15, 0.2) is 4.99 Å². The minimum Gasteiger partial charge on any atom is -0.381 e. The van der Waals surface area contributed by atoms with Gasteiger partial charge in [0.1, 0.15) is 0 Å². The first-order valence-electron chi connectivity index (χ1n) is 10.1. The highest BCUT2D eigenvalue weighted by Crippen LogP contribution is 2.13. The monoisotopic (exact) mass is 496 g/mol. The number of nitrogens with zero attached hydrogens (tertiary/aromatic N) is 2. The van der Waals surface area contributed by atoms with E-state index in [-0.39, 0.29) is 41.8 Å². The van der Waals surface area contributed by atoms with Crippen LogP contribution >= 0.6 is 24.0 Å². The molecule has 2 unspecified atom stereocenters. The van der Waals surface area contributed by atoms with E-state index in [0.717, 1.165) is 77.8 Å². The highest BCUT2D eigenvalue weighted by molar-refractivity contribution is 14.0. The number of halogens is 1. The summed E-state index contributed by atoms with van der Waals surface area (Å²) in [6, 6.07) is 0.272. The van der Waals surface area contributed by atoms with Gasteiger partial charge in [-0.25, -0.2) is 0 Å². The maximum Gasteiger partial charge on any atom is 0.225 e. The Hall–Kier alpha value is -0.610. The summed E-state index contributed by atoms with van der Waals surface area (Å²) in [5, 5.41) is 6.75. The lowest BCUT2D eigenvalue weighted by molar-refractivity contribution is -0.133. The maximum atomic E-state index is 12.1. The average Bonchev–Trinajstić information content (AvgIpc) is 3.29. The summed E-state index contributed by atoms with van der Waals surface area (Å²) in [7, 11) is 0. The Balaban J connectivity index is 0.00000364. The second-order valence-electron chi connectivity index (χ2n) is 7.49. The van der Waals surface area contributed by atoms with Crippen LogP contribution in [-0.4, -0.2) is 75.4 Å². The average molecular weight is 496 g/mol. The Bertz CT molecular complexity index is 456. The Labute approximate surface area is 181 Å². The van der Waals surface area contributed by atoms with Crippen molar-refractivity contribution in [1.82, 2.24) is 15.5 Å². The van der Waals surface area contributed by atoms with Gasteiger partial charge in [0, 0.05) is 57.3 Å². The van der Waals surface area contributed by atoms with Crippen LogP contribution in [0.1, 0.15) is 40.0 Å². The van der Waals surface area contributed by atoms with Gasteiger partial charge in [-0.1, -0.05) is 13.8 Å². The van der Waals surface area contributed by atoms with Gasteiger partial charge >= 0.3 is 0 Å². The number of likely N-dealkylation sites (tertiary alicyclic amines) is 1. The standard InChI is InChI=1S/C19H36N4O3.HI/c1-4-20-19(21-8-5-10-25-13-16-7-11-26-14-16)22-17-6-9-23(12-17)18(24)15(2)3;/h15-17H,4-14H2,1-3H3,(H2,20,21,22);1H. The molecular weight excluding hydrogens is 459 g/mol. The molecule has 0 spiro atoms. The topological polar surface area (TPSA) is 75.2 Å². The van der Waals surface area contributed by atoms with Gasteiger partial charge in [0.15, 0.2) is 5.96 Å². The molecule has 0 radical (unpaired) electrons. The third-order valence-electron chi connectivity index (χ3n) is 4.77. The van der Waals surface area contributed by atoms with Crippen molar-refractivity contribution in [2.75, 3.05) is 52.6 Å². The molecule has 0 aromatic carbocycles. The van der Waals surface area contributed by atoms with E-state index >= 15 is 0 Å². The van der Waals surface area contributed by atoms with Gasteiger partial charge in [0.25, 0.3) is 0 Å². The molecule has 0 aromatic rings. The first-order valence-corrected chi connectivity index (χ1v) is 10.1. The number of ether oxygens (including phenoxy) is 2. The van der Waals surface area contributed by atoms with Crippen LogP contribution in [-0.2, 0) is 14.3 Å². The molecule has 0 aromatic heterocycles. The number of nitrogens with one attached hydrogen (secondary N) is 2. The number of rotatable bonds is 9. The van der Waals surface area contributed by atoms with Crippen LogP contribution in [0.2, 0.25) is 0 Å². The van der Waals surface area contributed by atoms with Gasteiger partial charge < -0.3 is 25.0 Å².